The Morgan fingerprint density at radius 2 is 2.28 bits per heavy atom. The van der Waals surface area contributed by atoms with E-state index in [4.69, 9.17) is 9.47 Å². The summed E-state index contributed by atoms with van der Waals surface area (Å²) in [5.41, 5.74) is 2.50. The third kappa shape index (κ3) is 3.24. The summed E-state index contributed by atoms with van der Waals surface area (Å²) in [5, 5.41) is 3.48. The summed E-state index contributed by atoms with van der Waals surface area (Å²) in [6.45, 7) is 6.96. The maximum Gasteiger partial charge on any atom is 0.121 e. The number of ether oxygens (including phenoxy) is 2. The fraction of sp³-hybridized carbons (Fsp3) is 0.600. The van der Waals surface area contributed by atoms with Crippen LogP contribution in [0.4, 0.5) is 0 Å². The summed E-state index contributed by atoms with van der Waals surface area (Å²) in [5.74, 6) is 0.949. The molecule has 1 heterocycles. The van der Waals surface area contributed by atoms with Crippen LogP contribution in [0.2, 0.25) is 0 Å². The maximum atomic E-state index is 5.76. The molecular formula is C15H23NO2. The highest BCUT2D eigenvalue weighted by Crippen LogP contribution is 2.24. The molecule has 0 spiro atoms. The van der Waals surface area contributed by atoms with E-state index in [2.05, 4.69) is 31.3 Å². The van der Waals surface area contributed by atoms with Crippen LogP contribution < -0.4 is 10.1 Å². The minimum absolute atomic E-state index is 0.0293. The number of aryl methyl sites for hydroxylation is 1. The smallest absolute Gasteiger partial charge is 0.121 e. The molecule has 3 nitrogen and oxygen atoms in total. The van der Waals surface area contributed by atoms with Crippen LogP contribution in [0, 0.1) is 6.92 Å². The highest BCUT2D eigenvalue weighted by Gasteiger charge is 2.28. The number of hydrogen-bond donors (Lipinski definition) is 1. The van der Waals surface area contributed by atoms with Crippen LogP contribution >= 0.6 is 0 Å². The molecule has 0 aromatic heterocycles. The van der Waals surface area contributed by atoms with Crippen LogP contribution in [-0.2, 0) is 11.3 Å². The third-order valence-corrected chi connectivity index (χ3v) is 3.59. The lowest BCUT2D eigenvalue weighted by Gasteiger charge is -2.23. The third-order valence-electron chi connectivity index (χ3n) is 3.59. The highest BCUT2D eigenvalue weighted by molar-refractivity contribution is 5.36. The zero-order valence-electron chi connectivity index (χ0n) is 11.6. The van der Waals surface area contributed by atoms with E-state index in [1.54, 1.807) is 7.11 Å². The van der Waals surface area contributed by atoms with E-state index in [0.29, 0.717) is 0 Å². The fourth-order valence-electron chi connectivity index (χ4n) is 2.50. The molecule has 1 atom stereocenters. The van der Waals surface area contributed by atoms with E-state index < -0.39 is 0 Å². The van der Waals surface area contributed by atoms with Crippen molar-refractivity contribution in [3.63, 3.8) is 0 Å². The van der Waals surface area contributed by atoms with Crippen LogP contribution in [-0.4, -0.2) is 25.9 Å². The van der Waals surface area contributed by atoms with Gasteiger partial charge >= 0.3 is 0 Å². The van der Waals surface area contributed by atoms with E-state index in [-0.39, 0.29) is 5.60 Å². The second-order valence-electron chi connectivity index (χ2n) is 5.31. The molecule has 1 unspecified atom stereocenters. The number of nitrogens with one attached hydrogen (secondary N) is 1. The zero-order chi connectivity index (χ0) is 13.0. The summed E-state index contributed by atoms with van der Waals surface area (Å²) < 4.78 is 11.0. The molecule has 0 bridgehead atoms. The lowest BCUT2D eigenvalue weighted by atomic mass is 10.0. The van der Waals surface area contributed by atoms with Crippen molar-refractivity contribution in [2.24, 2.45) is 0 Å². The zero-order valence-corrected chi connectivity index (χ0v) is 11.6. The van der Waals surface area contributed by atoms with Gasteiger partial charge in [0.05, 0.1) is 12.7 Å². The normalized spacial score (nSPS) is 23.3. The predicted octanol–water partition coefficient (Wildman–Crippen LogP) is 2.66. The SMILES string of the molecule is COc1ccc(CNCC2(C)CCCO2)cc1C. The summed E-state index contributed by atoms with van der Waals surface area (Å²) in [6.07, 6.45) is 2.33. The Hall–Kier alpha value is -1.06. The van der Waals surface area contributed by atoms with Gasteiger partial charge in [0.2, 0.25) is 0 Å². The molecule has 1 aliphatic heterocycles. The second kappa shape index (κ2) is 5.72. The Morgan fingerprint density at radius 1 is 1.44 bits per heavy atom. The van der Waals surface area contributed by atoms with Crippen LogP contribution in [0.3, 0.4) is 0 Å². The Kier molecular flexibility index (Phi) is 4.25. The number of benzene rings is 1. The molecule has 0 saturated carbocycles. The first-order chi connectivity index (χ1) is 8.63. The predicted molar refractivity (Wildman–Crippen MR) is 73.0 cm³/mol. The van der Waals surface area contributed by atoms with Crippen LogP contribution in [0.5, 0.6) is 5.75 Å². The second-order valence-corrected chi connectivity index (χ2v) is 5.31. The molecule has 2 rings (SSSR count). The number of hydrogen-bond acceptors (Lipinski definition) is 3. The number of rotatable bonds is 5. The van der Waals surface area contributed by atoms with Crippen molar-refractivity contribution in [3.05, 3.63) is 29.3 Å². The summed E-state index contributed by atoms with van der Waals surface area (Å²) in [7, 11) is 1.71. The first-order valence-corrected chi connectivity index (χ1v) is 6.61. The summed E-state index contributed by atoms with van der Waals surface area (Å²) >= 11 is 0. The van der Waals surface area contributed by atoms with Gasteiger partial charge in [0, 0.05) is 19.7 Å². The molecule has 1 N–H and O–H groups in total. The summed E-state index contributed by atoms with van der Waals surface area (Å²) in [6, 6.07) is 6.31. The van der Waals surface area contributed by atoms with Gasteiger partial charge in [-0.15, -0.1) is 0 Å². The molecule has 1 aromatic rings. The van der Waals surface area contributed by atoms with Crippen LogP contribution in [0.15, 0.2) is 18.2 Å². The van der Waals surface area contributed by atoms with Gasteiger partial charge < -0.3 is 14.8 Å². The molecule has 0 radical (unpaired) electrons. The minimum atomic E-state index is 0.0293. The van der Waals surface area contributed by atoms with Gasteiger partial charge in [-0.3, -0.25) is 0 Å². The number of methoxy groups -OCH3 is 1. The maximum absolute atomic E-state index is 5.76. The molecule has 100 valence electrons. The fourth-order valence-corrected chi connectivity index (χ4v) is 2.50. The largest absolute Gasteiger partial charge is 0.496 e. The van der Waals surface area contributed by atoms with Crippen molar-refractivity contribution in [3.8, 4) is 5.75 Å². The molecule has 18 heavy (non-hydrogen) atoms. The monoisotopic (exact) mass is 249 g/mol. The Morgan fingerprint density at radius 3 is 2.89 bits per heavy atom. The van der Waals surface area contributed by atoms with E-state index in [9.17, 15) is 0 Å². The van der Waals surface area contributed by atoms with Crippen molar-refractivity contribution in [1.29, 1.82) is 0 Å². The van der Waals surface area contributed by atoms with Gasteiger partial charge in [-0.2, -0.15) is 0 Å². The van der Waals surface area contributed by atoms with E-state index in [0.717, 1.165) is 31.9 Å². The summed E-state index contributed by atoms with van der Waals surface area (Å²) in [4.78, 5) is 0. The molecular weight excluding hydrogens is 226 g/mol. The topological polar surface area (TPSA) is 30.5 Å². The Labute approximate surface area is 109 Å². The first kappa shape index (κ1) is 13.4. The molecule has 1 fully saturated rings. The standard InChI is InChI=1S/C15H23NO2/c1-12-9-13(5-6-14(12)17-3)10-16-11-15(2)7-4-8-18-15/h5-6,9,16H,4,7-8,10-11H2,1-3H3. The average Bonchev–Trinajstić information content (AvgIpc) is 2.77. The van der Waals surface area contributed by atoms with Gasteiger partial charge in [0.25, 0.3) is 0 Å². The van der Waals surface area contributed by atoms with Gasteiger partial charge in [0.15, 0.2) is 0 Å². The van der Waals surface area contributed by atoms with Gasteiger partial charge in [-0.25, -0.2) is 0 Å². The van der Waals surface area contributed by atoms with Crippen molar-refractivity contribution in [2.75, 3.05) is 20.3 Å². The van der Waals surface area contributed by atoms with E-state index in [1.807, 2.05) is 6.07 Å². The Bertz CT molecular complexity index is 397. The minimum Gasteiger partial charge on any atom is -0.496 e. The van der Waals surface area contributed by atoms with Crippen molar-refractivity contribution in [2.45, 2.75) is 38.8 Å². The van der Waals surface area contributed by atoms with E-state index in [1.165, 1.54) is 17.5 Å². The van der Waals surface area contributed by atoms with Crippen LogP contribution in [0.1, 0.15) is 30.9 Å². The quantitative estimate of drug-likeness (QED) is 0.870. The molecule has 0 aliphatic carbocycles. The molecule has 1 aromatic carbocycles. The molecule has 1 saturated heterocycles. The Balaban J connectivity index is 1.85. The molecule has 1 aliphatic rings. The van der Waals surface area contributed by atoms with Crippen LogP contribution in [0.25, 0.3) is 0 Å². The molecule has 0 amide bonds. The van der Waals surface area contributed by atoms with Gasteiger partial charge in [-0.1, -0.05) is 12.1 Å². The van der Waals surface area contributed by atoms with E-state index >= 15 is 0 Å². The van der Waals surface area contributed by atoms with Gasteiger partial charge in [0.1, 0.15) is 5.75 Å². The first-order valence-electron chi connectivity index (χ1n) is 6.61. The molecule has 3 heteroatoms. The highest BCUT2D eigenvalue weighted by atomic mass is 16.5. The van der Waals surface area contributed by atoms with Gasteiger partial charge in [-0.05, 0) is 43.9 Å². The van der Waals surface area contributed by atoms with Crippen molar-refractivity contribution >= 4 is 0 Å². The van der Waals surface area contributed by atoms with Crippen molar-refractivity contribution in [1.82, 2.24) is 5.32 Å². The lowest BCUT2D eigenvalue weighted by Crippen LogP contribution is -2.36. The van der Waals surface area contributed by atoms with Crippen molar-refractivity contribution < 1.29 is 9.47 Å². The average molecular weight is 249 g/mol. The lowest BCUT2D eigenvalue weighted by molar-refractivity contribution is 0.0207.